The number of aromatic amines is 1. The summed E-state index contributed by atoms with van der Waals surface area (Å²) in [6, 6.07) is 8.12. The van der Waals surface area contributed by atoms with Crippen molar-refractivity contribution in [1.82, 2.24) is 20.5 Å². The number of likely N-dealkylation sites (tertiary alicyclic amines) is 1. The Morgan fingerprint density at radius 3 is 2.73 bits per heavy atom. The standard InChI is InChI=1S/C28H35N5O4/c1-37-25-9-5-8-22-21(25)14-23(32-22)28(36)33-16-19(17-6-3-2-4-7-17)13-24(33)27(35)31-20(15-29)12-18-10-11-30-26(18)34/h5,8-9,14,17-20,24,32H,2-4,6-7,10-13,16H2,1H3,(H,30,34)(H,31,35)/t18-,19+,20?,24-/m0/s1. The fourth-order valence-electron chi connectivity index (χ4n) is 6.43. The van der Waals surface area contributed by atoms with Crippen molar-refractivity contribution in [1.29, 1.82) is 5.26 Å². The molecule has 3 amide bonds. The Morgan fingerprint density at radius 1 is 1.22 bits per heavy atom. The van der Waals surface area contributed by atoms with E-state index < -0.39 is 12.1 Å². The molecule has 3 fully saturated rings. The summed E-state index contributed by atoms with van der Waals surface area (Å²) in [5.74, 6) is 0.544. The van der Waals surface area contributed by atoms with E-state index in [0.29, 0.717) is 43.3 Å². The van der Waals surface area contributed by atoms with Crippen molar-refractivity contribution in [2.24, 2.45) is 17.8 Å². The highest BCUT2D eigenvalue weighted by Crippen LogP contribution is 2.38. The lowest BCUT2D eigenvalue weighted by molar-refractivity contribution is -0.126. The SMILES string of the molecule is COc1cccc2[nH]c(C(=O)N3C[C@H](C4CCCCC4)C[C@H]3C(=O)NC(C#N)C[C@@H]3CCNC3=O)cc12. The van der Waals surface area contributed by atoms with Crippen LogP contribution in [0.4, 0.5) is 0 Å². The summed E-state index contributed by atoms with van der Waals surface area (Å²) in [4.78, 5) is 44.2. The number of hydrogen-bond donors (Lipinski definition) is 3. The lowest BCUT2D eigenvalue weighted by atomic mass is 9.79. The normalized spacial score (nSPS) is 25.0. The highest BCUT2D eigenvalue weighted by molar-refractivity contribution is 6.01. The number of nitrogens with one attached hydrogen (secondary N) is 3. The van der Waals surface area contributed by atoms with Crippen molar-refractivity contribution in [3.05, 3.63) is 30.0 Å². The Morgan fingerprint density at radius 2 is 2.03 bits per heavy atom. The van der Waals surface area contributed by atoms with Crippen LogP contribution in [0.3, 0.4) is 0 Å². The third-order valence-corrected chi connectivity index (χ3v) is 8.44. The molecule has 3 aliphatic rings. The van der Waals surface area contributed by atoms with E-state index >= 15 is 0 Å². The summed E-state index contributed by atoms with van der Waals surface area (Å²) in [5.41, 5.74) is 1.21. The van der Waals surface area contributed by atoms with Crippen LogP contribution in [0.1, 0.15) is 61.9 Å². The molecule has 1 aromatic heterocycles. The van der Waals surface area contributed by atoms with Crippen LogP contribution in [0.2, 0.25) is 0 Å². The number of benzene rings is 1. The molecule has 37 heavy (non-hydrogen) atoms. The van der Waals surface area contributed by atoms with Crippen LogP contribution in [-0.2, 0) is 9.59 Å². The Hall–Kier alpha value is -3.54. The highest BCUT2D eigenvalue weighted by Gasteiger charge is 2.43. The van der Waals surface area contributed by atoms with Crippen molar-refractivity contribution in [3.63, 3.8) is 0 Å². The van der Waals surface area contributed by atoms with Gasteiger partial charge in [-0.05, 0) is 49.3 Å². The summed E-state index contributed by atoms with van der Waals surface area (Å²) in [5, 5.41) is 16.2. The van der Waals surface area contributed by atoms with Gasteiger partial charge in [-0.15, -0.1) is 0 Å². The monoisotopic (exact) mass is 505 g/mol. The maximum atomic E-state index is 13.8. The molecule has 9 nitrogen and oxygen atoms in total. The minimum atomic E-state index is -0.774. The molecule has 2 aromatic rings. The van der Waals surface area contributed by atoms with Crippen molar-refractivity contribution < 1.29 is 19.1 Å². The quantitative estimate of drug-likeness (QED) is 0.533. The molecule has 5 rings (SSSR count). The predicted molar refractivity (Wildman–Crippen MR) is 138 cm³/mol. The van der Waals surface area contributed by atoms with Crippen LogP contribution < -0.4 is 15.4 Å². The third kappa shape index (κ3) is 5.15. The van der Waals surface area contributed by atoms with Gasteiger partial charge in [0.05, 0.1) is 13.2 Å². The molecule has 3 N–H and O–H groups in total. The van der Waals surface area contributed by atoms with Crippen LogP contribution in [-0.4, -0.2) is 59.9 Å². The maximum Gasteiger partial charge on any atom is 0.270 e. The van der Waals surface area contributed by atoms with Crippen molar-refractivity contribution in [2.45, 2.75) is 63.5 Å². The van der Waals surface area contributed by atoms with Crippen LogP contribution in [0.25, 0.3) is 10.9 Å². The zero-order valence-corrected chi connectivity index (χ0v) is 21.3. The fourth-order valence-corrected chi connectivity index (χ4v) is 6.43. The zero-order chi connectivity index (χ0) is 25.9. The maximum absolute atomic E-state index is 13.8. The fraction of sp³-hybridized carbons (Fsp3) is 0.571. The average Bonchev–Trinajstić information content (AvgIpc) is 3.66. The van der Waals surface area contributed by atoms with Crippen LogP contribution >= 0.6 is 0 Å². The summed E-state index contributed by atoms with van der Waals surface area (Å²) in [6.45, 7) is 1.12. The van der Waals surface area contributed by atoms with E-state index in [1.807, 2.05) is 18.2 Å². The number of nitriles is 1. The largest absolute Gasteiger partial charge is 0.496 e. The Kier molecular flexibility index (Phi) is 7.36. The topological polar surface area (TPSA) is 127 Å². The molecule has 3 heterocycles. The van der Waals surface area contributed by atoms with Crippen molar-refractivity contribution >= 4 is 28.6 Å². The number of methoxy groups -OCH3 is 1. The second-order valence-electron chi connectivity index (χ2n) is 10.7. The molecule has 0 bridgehead atoms. The second-order valence-corrected chi connectivity index (χ2v) is 10.7. The second kappa shape index (κ2) is 10.8. The van der Waals surface area contributed by atoms with Crippen molar-refractivity contribution in [2.75, 3.05) is 20.2 Å². The van der Waals surface area contributed by atoms with Gasteiger partial charge in [0.2, 0.25) is 11.8 Å². The molecular formula is C28H35N5O4. The van der Waals surface area contributed by atoms with Gasteiger partial charge < -0.3 is 25.3 Å². The van der Waals surface area contributed by atoms with Gasteiger partial charge in [0, 0.05) is 29.9 Å². The molecule has 2 saturated heterocycles. The number of H-pyrrole nitrogens is 1. The number of ether oxygens (including phenoxy) is 1. The number of nitrogens with zero attached hydrogens (tertiary/aromatic N) is 2. The Bertz CT molecular complexity index is 1210. The third-order valence-electron chi connectivity index (χ3n) is 8.44. The number of carbonyl (C=O) groups is 3. The summed E-state index contributed by atoms with van der Waals surface area (Å²) >= 11 is 0. The molecule has 1 aliphatic carbocycles. The van der Waals surface area contributed by atoms with E-state index in [4.69, 9.17) is 4.74 Å². The summed E-state index contributed by atoms with van der Waals surface area (Å²) in [6.07, 6.45) is 7.40. The van der Waals surface area contributed by atoms with E-state index in [9.17, 15) is 19.6 Å². The predicted octanol–water partition coefficient (Wildman–Crippen LogP) is 3.12. The minimum absolute atomic E-state index is 0.0706. The molecule has 9 heteroatoms. The van der Waals surface area contributed by atoms with E-state index in [-0.39, 0.29) is 36.0 Å². The smallest absolute Gasteiger partial charge is 0.270 e. The minimum Gasteiger partial charge on any atom is -0.496 e. The first kappa shape index (κ1) is 25.1. The molecule has 4 atom stereocenters. The van der Waals surface area contributed by atoms with Crippen LogP contribution in [0.15, 0.2) is 24.3 Å². The van der Waals surface area contributed by atoms with Gasteiger partial charge in [0.15, 0.2) is 0 Å². The van der Waals surface area contributed by atoms with Crippen LogP contribution in [0.5, 0.6) is 5.75 Å². The molecule has 2 aliphatic heterocycles. The first-order valence-electron chi connectivity index (χ1n) is 13.4. The van der Waals surface area contributed by atoms with E-state index in [2.05, 4.69) is 21.7 Å². The summed E-state index contributed by atoms with van der Waals surface area (Å²) < 4.78 is 5.45. The van der Waals surface area contributed by atoms with Gasteiger partial charge in [-0.25, -0.2) is 0 Å². The Labute approximate surface area is 216 Å². The molecule has 196 valence electrons. The number of carbonyl (C=O) groups excluding carboxylic acids is 3. The van der Waals surface area contributed by atoms with Gasteiger partial charge in [-0.2, -0.15) is 5.26 Å². The average molecular weight is 506 g/mol. The molecule has 1 saturated carbocycles. The molecule has 0 spiro atoms. The number of fused-ring (bicyclic) bond motifs is 1. The van der Waals surface area contributed by atoms with Gasteiger partial charge in [0.25, 0.3) is 5.91 Å². The number of aromatic nitrogens is 1. The van der Waals surface area contributed by atoms with E-state index in [0.717, 1.165) is 23.7 Å². The molecule has 1 aromatic carbocycles. The summed E-state index contributed by atoms with van der Waals surface area (Å²) in [7, 11) is 1.60. The molecule has 0 radical (unpaired) electrons. The lowest BCUT2D eigenvalue weighted by Crippen LogP contribution is -2.49. The van der Waals surface area contributed by atoms with E-state index in [1.165, 1.54) is 19.3 Å². The molecular weight excluding hydrogens is 470 g/mol. The van der Waals surface area contributed by atoms with Gasteiger partial charge in [-0.3, -0.25) is 14.4 Å². The lowest BCUT2D eigenvalue weighted by Gasteiger charge is -2.27. The Balaban J connectivity index is 1.37. The van der Waals surface area contributed by atoms with Crippen LogP contribution in [0, 0.1) is 29.1 Å². The van der Waals surface area contributed by atoms with Crippen molar-refractivity contribution in [3.8, 4) is 11.8 Å². The number of rotatable bonds is 7. The van der Waals surface area contributed by atoms with E-state index in [1.54, 1.807) is 18.1 Å². The highest BCUT2D eigenvalue weighted by atomic mass is 16.5. The number of hydrogen-bond acceptors (Lipinski definition) is 5. The van der Waals surface area contributed by atoms with Gasteiger partial charge in [-0.1, -0.05) is 38.2 Å². The molecule has 1 unspecified atom stereocenters. The zero-order valence-electron chi connectivity index (χ0n) is 21.3. The first-order chi connectivity index (χ1) is 18.0. The first-order valence-corrected chi connectivity index (χ1v) is 13.4. The number of amides is 3. The van der Waals surface area contributed by atoms with Gasteiger partial charge in [0.1, 0.15) is 23.5 Å². The van der Waals surface area contributed by atoms with Gasteiger partial charge >= 0.3 is 0 Å².